The highest BCUT2D eigenvalue weighted by Gasteiger charge is 2.34. The number of hydrogen-bond acceptors (Lipinski definition) is 5. The lowest BCUT2D eigenvalue weighted by atomic mass is 10.7. The second kappa shape index (κ2) is 3.64. The van der Waals surface area contributed by atoms with E-state index < -0.39 is 9.05 Å². The van der Waals surface area contributed by atoms with Gasteiger partial charge in [-0.25, -0.2) is 8.42 Å². The maximum atomic E-state index is 11.2. The van der Waals surface area contributed by atoms with Crippen LogP contribution in [0, 0.1) is 0 Å². The van der Waals surface area contributed by atoms with Crippen molar-refractivity contribution in [1.29, 1.82) is 0 Å². The molecule has 0 N–H and O–H groups in total. The van der Waals surface area contributed by atoms with E-state index in [1.165, 1.54) is 4.57 Å². The molecule has 0 saturated heterocycles. The fourth-order valence-electron chi connectivity index (χ4n) is 1.30. The summed E-state index contributed by atoms with van der Waals surface area (Å²) in [4.78, 5) is 0. The second-order valence-electron chi connectivity index (χ2n) is 3.24. The van der Waals surface area contributed by atoms with Gasteiger partial charge in [0.05, 0.1) is 6.61 Å². The van der Waals surface area contributed by atoms with Gasteiger partial charge in [0.25, 0.3) is 14.2 Å². The zero-order valence-corrected chi connectivity index (χ0v) is 9.62. The van der Waals surface area contributed by atoms with Crippen molar-refractivity contribution in [3.05, 3.63) is 0 Å². The number of rotatable bonds is 4. The molecule has 1 fully saturated rings. The van der Waals surface area contributed by atoms with Crippen molar-refractivity contribution in [2.24, 2.45) is 0 Å². The summed E-state index contributed by atoms with van der Waals surface area (Å²) in [6.45, 7) is 2.20. The summed E-state index contributed by atoms with van der Waals surface area (Å²) in [7, 11) is 1.39. The highest BCUT2D eigenvalue weighted by Crippen LogP contribution is 2.39. The lowest BCUT2D eigenvalue weighted by molar-refractivity contribution is 0.292. The zero-order valence-electron chi connectivity index (χ0n) is 8.05. The van der Waals surface area contributed by atoms with Crippen LogP contribution >= 0.6 is 10.7 Å². The summed E-state index contributed by atoms with van der Waals surface area (Å²) >= 11 is 0. The standard InChI is InChI=1S/C7H10ClN3O3S/c1-2-14-6-9-10-7(15(8,12)13)11(6)5-3-4-5/h5H,2-4H2,1H3. The van der Waals surface area contributed by atoms with Crippen LogP contribution in [0.25, 0.3) is 0 Å². The Kier molecular flexibility index (Phi) is 2.59. The molecule has 0 radical (unpaired) electrons. The number of halogens is 1. The van der Waals surface area contributed by atoms with Crippen molar-refractivity contribution in [2.75, 3.05) is 6.61 Å². The third-order valence-corrected chi connectivity index (χ3v) is 3.17. The molecule has 1 aromatic heterocycles. The molecule has 0 unspecified atom stereocenters. The third-order valence-electron chi connectivity index (χ3n) is 2.04. The Hall–Kier alpha value is -0.820. The molecule has 0 spiro atoms. The van der Waals surface area contributed by atoms with Crippen LogP contribution in [-0.2, 0) is 9.05 Å². The Balaban J connectivity index is 2.47. The first-order valence-electron chi connectivity index (χ1n) is 4.56. The summed E-state index contributed by atoms with van der Waals surface area (Å²) in [6.07, 6.45) is 1.80. The fourth-order valence-corrected chi connectivity index (χ4v) is 2.22. The largest absolute Gasteiger partial charge is 0.464 e. The number of ether oxygens (including phenoxy) is 1. The molecule has 84 valence electrons. The number of nitrogens with zero attached hydrogens (tertiary/aromatic N) is 3. The molecule has 0 aliphatic heterocycles. The van der Waals surface area contributed by atoms with Gasteiger partial charge in [0.15, 0.2) is 0 Å². The van der Waals surface area contributed by atoms with Gasteiger partial charge >= 0.3 is 6.01 Å². The molecule has 8 heteroatoms. The van der Waals surface area contributed by atoms with Crippen molar-refractivity contribution in [1.82, 2.24) is 14.8 Å². The number of hydrogen-bond donors (Lipinski definition) is 0. The Morgan fingerprint density at radius 2 is 2.20 bits per heavy atom. The monoisotopic (exact) mass is 251 g/mol. The van der Waals surface area contributed by atoms with E-state index in [1.54, 1.807) is 6.92 Å². The van der Waals surface area contributed by atoms with E-state index in [2.05, 4.69) is 10.2 Å². The quantitative estimate of drug-likeness (QED) is 0.745. The fraction of sp³-hybridized carbons (Fsp3) is 0.714. The van der Waals surface area contributed by atoms with Crippen LogP contribution in [0.5, 0.6) is 6.01 Å². The first-order valence-corrected chi connectivity index (χ1v) is 6.87. The van der Waals surface area contributed by atoms with Gasteiger partial charge in [-0.2, -0.15) is 0 Å². The minimum absolute atomic E-state index is 0.102. The molecule has 0 bridgehead atoms. The van der Waals surface area contributed by atoms with Gasteiger partial charge in [-0.15, -0.1) is 5.10 Å². The van der Waals surface area contributed by atoms with Crippen LogP contribution in [-0.4, -0.2) is 29.8 Å². The average Bonchev–Trinajstić information content (AvgIpc) is 2.87. The molecule has 2 rings (SSSR count). The van der Waals surface area contributed by atoms with E-state index in [4.69, 9.17) is 15.4 Å². The minimum Gasteiger partial charge on any atom is -0.464 e. The third kappa shape index (κ3) is 2.07. The first kappa shape index (κ1) is 10.7. The lowest BCUT2D eigenvalue weighted by Crippen LogP contribution is -2.07. The topological polar surface area (TPSA) is 74.1 Å². The summed E-state index contributed by atoms with van der Waals surface area (Å²) in [5.74, 6) is 0. The zero-order chi connectivity index (χ0) is 11.1. The SMILES string of the molecule is CCOc1nnc(S(=O)(=O)Cl)n1C1CC1. The lowest BCUT2D eigenvalue weighted by Gasteiger charge is -2.06. The first-order chi connectivity index (χ1) is 7.04. The van der Waals surface area contributed by atoms with Crippen LogP contribution in [0.4, 0.5) is 0 Å². The van der Waals surface area contributed by atoms with E-state index in [1.807, 2.05) is 0 Å². The molecule has 0 amide bonds. The van der Waals surface area contributed by atoms with Crippen molar-refractivity contribution in [2.45, 2.75) is 31.0 Å². The van der Waals surface area contributed by atoms with E-state index in [0.29, 0.717) is 6.61 Å². The van der Waals surface area contributed by atoms with Gasteiger partial charge in [0, 0.05) is 16.7 Å². The van der Waals surface area contributed by atoms with Crippen LogP contribution in [0.2, 0.25) is 0 Å². The van der Waals surface area contributed by atoms with Crippen LogP contribution < -0.4 is 4.74 Å². The van der Waals surface area contributed by atoms with Gasteiger partial charge in [0.1, 0.15) is 0 Å². The molecule has 1 aliphatic rings. The molecule has 0 atom stereocenters. The molecule has 1 heterocycles. The smallest absolute Gasteiger partial charge is 0.318 e. The second-order valence-corrected chi connectivity index (χ2v) is 5.70. The van der Waals surface area contributed by atoms with Gasteiger partial charge < -0.3 is 4.74 Å². The normalized spacial score (nSPS) is 16.7. The molecule has 0 aromatic carbocycles. The Morgan fingerprint density at radius 3 is 2.67 bits per heavy atom. The number of aromatic nitrogens is 3. The molecule has 1 aliphatic carbocycles. The summed E-state index contributed by atoms with van der Waals surface area (Å²) in [6, 6.07) is 0.323. The van der Waals surface area contributed by atoms with Gasteiger partial charge in [-0.05, 0) is 19.8 Å². The molecule has 15 heavy (non-hydrogen) atoms. The van der Waals surface area contributed by atoms with Crippen molar-refractivity contribution in [3.63, 3.8) is 0 Å². The average molecular weight is 252 g/mol. The highest BCUT2D eigenvalue weighted by molar-refractivity contribution is 8.13. The Bertz CT molecular complexity index is 466. The van der Waals surface area contributed by atoms with Crippen molar-refractivity contribution >= 4 is 19.7 Å². The highest BCUT2D eigenvalue weighted by atomic mass is 35.7. The maximum absolute atomic E-state index is 11.2. The predicted octanol–water partition coefficient (Wildman–Crippen LogP) is 0.939. The molecule has 1 saturated carbocycles. The minimum atomic E-state index is -3.85. The molecular weight excluding hydrogens is 242 g/mol. The van der Waals surface area contributed by atoms with Gasteiger partial charge in [0.2, 0.25) is 0 Å². The van der Waals surface area contributed by atoms with Crippen LogP contribution in [0.1, 0.15) is 25.8 Å². The summed E-state index contributed by atoms with van der Waals surface area (Å²) < 4.78 is 29.0. The van der Waals surface area contributed by atoms with Gasteiger partial charge in [-0.3, -0.25) is 4.57 Å². The predicted molar refractivity (Wildman–Crippen MR) is 52.5 cm³/mol. The van der Waals surface area contributed by atoms with E-state index >= 15 is 0 Å². The summed E-state index contributed by atoms with van der Waals surface area (Å²) in [5, 5.41) is 6.97. The van der Waals surface area contributed by atoms with E-state index in [-0.39, 0.29) is 17.2 Å². The van der Waals surface area contributed by atoms with Crippen molar-refractivity contribution in [3.8, 4) is 6.01 Å². The van der Waals surface area contributed by atoms with Crippen LogP contribution in [0.3, 0.4) is 0 Å². The summed E-state index contributed by atoms with van der Waals surface area (Å²) in [5.41, 5.74) is 0. The maximum Gasteiger partial charge on any atom is 0.318 e. The molecule has 1 aromatic rings. The van der Waals surface area contributed by atoms with E-state index in [0.717, 1.165) is 12.8 Å². The van der Waals surface area contributed by atoms with Gasteiger partial charge in [-0.1, -0.05) is 5.10 Å². The Morgan fingerprint density at radius 1 is 1.53 bits per heavy atom. The van der Waals surface area contributed by atoms with Crippen LogP contribution in [0.15, 0.2) is 5.16 Å². The Labute approximate surface area is 91.6 Å². The van der Waals surface area contributed by atoms with Crippen molar-refractivity contribution < 1.29 is 13.2 Å². The molecular formula is C7H10ClN3O3S. The van der Waals surface area contributed by atoms with E-state index in [9.17, 15) is 8.42 Å². The molecule has 6 nitrogen and oxygen atoms in total.